The number of aliphatic carboxylic acids is 1. The van der Waals surface area contributed by atoms with Crippen molar-refractivity contribution in [2.75, 3.05) is 19.6 Å². The second-order valence-electron chi connectivity index (χ2n) is 6.21. The van der Waals surface area contributed by atoms with Crippen molar-refractivity contribution in [1.82, 2.24) is 8.61 Å². The van der Waals surface area contributed by atoms with Gasteiger partial charge in [0.15, 0.2) is 0 Å². The molecule has 0 unspecified atom stereocenters. The molecule has 0 aromatic rings. The van der Waals surface area contributed by atoms with Gasteiger partial charge in [0.05, 0.1) is 6.42 Å². The van der Waals surface area contributed by atoms with Crippen LogP contribution in [0.4, 0.5) is 0 Å². The molecule has 0 saturated carbocycles. The van der Waals surface area contributed by atoms with Crippen molar-refractivity contribution in [3.8, 4) is 0 Å². The maximum absolute atomic E-state index is 12.8. The summed E-state index contributed by atoms with van der Waals surface area (Å²) in [5.74, 6) is -0.981. The van der Waals surface area contributed by atoms with Crippen LogP contribution in [0.5, 0.6) is 0 Å². The summed E-state index contributed by atoms with van der Waals surface area (Å²) in [4.78, 5) is 10.8. The minimum Gasteiger partial charge on any atom is -0.481 e. The fourth-order valence-corrected chi connectivity index (χ4v) is 4.42. The van der Waals surface area contributed by atoms with Crippen molar-refractivity contribution in [3.05, 3.63) is 0 Å². The molecule has 0 aliphatic carbocycles. The van der Waals surface area contributed by atoms with Crippen molar-refractivity contribution >= 4 is 16.2 Å². The first-order valence-corrected chi connectivity index (χ1v) is 8.55. The zero-order valence-electron chi connectivity index (χ0n) is 12.6. The fourth-order valence-electron chi connectivity index (χ4n) is 2.41. The standard InChI is InChI=1S/C13H26N2O4S/c1-13(2,3)15(11-8-12(16)17)20(18,19)14-9-6-4-5-7-10-14/h4-11H2,1-3H3,(H,16,17). The molecule has 0 aromatic carbocycles. The molecular formula is C13H26N2O4S. The first-order chi connectivity index (χ1) is 9.15. The van der Waals surface area contributed by atoms with Crippen LogP contribution in [-0.4, -0.2) is 53.3 Å². The average Bonchev–Trinajstić information content (AvgIpc) is 2.55. The lowest BCUT2D eigenvalue weighted by Crippen LogP contribution is -2.53. The summed E-state index contributed by atoms with van der Waals surface area (Å²) < 4.78 is 28.3. The Morgan fingerprint density at radius 1 is 1.15 bits per heavy atom. The maximum atomic E-state index is 12.8. The molecule has 6 nitrogen and oxygen atoms in total. The van der Waals surface area contributed by atoms with E-state index in [0.29, 0.717) is 13.1 Å². The number of hydrogen-bond donors (Lipinski definition) is 1. The molecule has 118 valence electrons. The average molecular weight is 306 g/mol. The topological polar surface area (TPSA) is 77.9 Å². The summed E-state index contributed by atoms with van der Waals surface area (Å²) in [6, 6.07) is 0. The number of carbonyl (C=O) groups is 1. The fraction of sp³-hybridized carbons (Fsp3) is 0.923. The highest BCUT2D eigenvalue weighted by atomic mass is 32.2. The van der Waals surface area contributed by atoms with E-state index in [1.54, 1.807) is 20.8 Å². The van der Waals surface area contributed by atoms with Gasteiger partial charge in [-0.05, 0) is 33.6 Å². The second-order valence-corrected chi connectivity index (χ2v) is 8.06. The van der Waals surface area contributed by atoms with Crippen molar-refractivity contribution in [2.45, 2.75) is 58.4 Å². The molecule has 1 heterocycles. The lowest BCUT2D eigenvalue weighted by molar-refractivity contribution is -0.137. The highest BCUT2D eigenvalue weighted by Gasteiger charge is 2.37. The van der Waals surface area contributed by atoms with Crippen molar-refractivity contribution in [2.24, 2.45) is 0 Å². The molecule has 0 aromatic heterocycles. The summed E-state index contributed by atoms with van der Waals surface area (Å²) in [5, 5.41) is 8.81. The third kappa shape index (κ3) is 4.71. The third-order valence-corrected chi connectivity index (χ3v) is 5.75. The van der Waals surface area contributed by atoms with E-state index in [-0.39, 0.29) is 13.0 Å². The number of carboxylic acids is 1. The van der Waals surface area contributed by atoms with Crippen molar-refractivity contribution in [1.29, 1.82) is 0 Å². The smallest absolute Gasteiger partial charge is 0.304 e. The van der Waals surface area contributed by atoms with Gasteiger partial charge in [0.2, 0.25) is 0 Å². The van der Waals surface area contributed by atoms with Crippen LogP contribution in [0.25, 0.3) is 0 Å². The lowest BCUT2D eigenvalue weighted by Gasteiger charge is -2.37. The van der Waals surface area contributed by atoms with Gasteiger partial charge in [0.25, 0.3) is 10.2 Å². The number of rotatable bonds is 5. The zero-order valence-corrected chi connectivity index (χ0v) is 13.4. The molecule has 0 amide bonds. The van der Waals surface area contributed by atoms with Gasteiger partial charge in [-0.15, -0.1) is 0 Å². The van der Waals surface area contributed by atoms with Crippen molar-refractivity contribution < 1.29 is 18.3 Å². The number of hydrogen-bond acceptors (Lipinski definition) is 3. The Bertz CT molecular complexity index is 420. The van der Waals surface area contributed by atoms with E-state index in [9.17, 15) is 13.2 Å². The Balaban J connectivity index is 2.94. The largest absolute Gasteiger partial charge is 0.481 e. The van der Waals surface area contributed by atoms with Gasteiger partial charge < -0.3 is 5.11 Å². The van der Waals surface area contributed by atoms with Crippen LogP contribution in [0.1, 0.15) is 52.9 Å². The summed E-state index contributed by atoms with van der Waals surface area (Å²) in [5.41, 5.74) is -0.624. The Morgan fingerprint density at radius 3 is 2.05 bits per heavy atom. The van der Waals surface area contributed by atoms with Crippen molar-refractivity contribution in [3.63, 3.8) is 0 Å². The summed E-state index contributed by atoms with van der Waals surface area (Å²) in [6.45, 7) is 6.46. The van der Waals surface area contributed by atoms with E-state index in [4.69, 9.17) is 5.11 Å². The Hall–Kier alpha value is -0.660. The Labute approximate surface area is 121 Å². The van der Waals surface area contributed by atoms with E-state index in [0.717, 1.165) is 25.7 Å². The minimum atomic E-state index is -3.60. The first-order valence-electron chi connectivity index (χ1n) is 7.15. The number of nitrogens with zero attached hydrogens (tertiary/aromatic N) is 2. The molecule has 1 fully saturated rings. The monoisotopic (exact) mass is 306 g/mol. The molecule has 1 aliphatic rings. The predicted molar refractivity (Wildman–Crippen MR) is 77.7 cm³/mol. The lowest BCUT2D eigenvalue weighted by atomic mass is 10.1. The molecule has 1 N–H and O–H groups in total. The molecule has 1 aliphatic heterocycles. The molecule has 20 heavy (non-hydrogen) atoms. The van der Waals surface area contributed by atoms with Crippen LogP contribution < -0.4 is 0 Å². The molecule has 1 saturated heterocycles. The van der Waals surface area contributed by atoms with Crippen LogP contribution in [0.15, 0.2) is 0 Å². The quantitative estimate of drug-likeness (QED) is 0.838. The highest BCUT2D eigenvalue weighted by molar-refractivity contribution is 7.86. The third-order valence-electron chi connectivity index (χ3n) is 3.45. The van der Waals surface area contributed by atoms with E-state index >= 15 is 0 Å². The van der Waals surface area contributed by atoms with Gasteiger partial charge >= 0.3 is 5.97 Å². The predicted octanol–water partition coefficient (Wildman–Crippen LogP) is 1.68. The van der Waals surface area contributed by atoms with Crippen LogP contribution >= 0.6 is 0 Å². The number of carboxylic acid groups (broad SMARTS) is 1. The first kappa shape index (κ1) is 17.4. The molecule has 7 heteroatoms. The summed E-state index contributed by atoms with van der Waals surface area (Å²) in [7, 11) is -3.60. The summed E-state index contributed by atoms with van der Waals surface area (Å²) in [6.07, 6.45) is 3.67. The van der Waals surface area contributed by atoms with Gasteiger partial charge in [0.1, 0.15) is 0 Å². The van der Waals surface area contributed by atoms with E-state index in [1.165, 1.54) is 8.61 Å². The summed E-state index contributed by atoms with van der Waals surface area (Å²) >= 11 is 0. The normalized spacial score (nSPS) is 19.0. The maximum Gasteiger partial charge on any atom is 0.304 e. The van der Waals surface area contributed by atoms with Gasteiger partial charge in [0, 0.05) is 25.2 Å². The zero-order chi connectivity index (χ0) is 15.4. The Morgan fingerprint density at radius 2 is 1.65 bits per heavy atom. The van der Waals surface area contributed by atoms with E-state index in [2.05, 4.69) is 0 Å². The van der Waals surface area contributed by atoms with Crippen LogP contribution in [0, 0.1) is 0 Å². The van der Waals surface area contributed by atoms with Crippen LogP contribution in [-0.2, 0) is 15.0 Å². The second kappa shape index (κ2) is 6.87. The highest BCUT2D eigenvalue weighted by Crippen LogP contribution is 2.23. The molecular weight excluding hydrogens is 280 g/mol. The SMILES string of the molecule is CC(C)(C)N(CCC(=O)O)S(=O)(=O)N1CCCCCC1. The molecule has 0 spiro atoms. The van der Waals surface area contributed by atoms with Gasteiger partial charge in [-0.1, -0.05) is 12.8 Å². The van der Waals surface area contributed by atoms with Gasteiger partial charge in [-0.2, -0.15) is 17.0 Å². The van der Waals surface area contributed by atoms with E-state index in [1.807, 2.05) is 0 Å². The van der Waals surface area contributed by atoms with Gasteiger partial charge in [-0.3, -0.25) is 4.79 Å². The van der Waals surface area contributed by atoms with Gasteiger partial charge in [-0.25, -0.2) is 0 Å². The minimum absolute atomic E-state index is 0.0116. The molecule has 0 radical (unpaired) electrons. The molecule has 0 bridgehead atoms. The van der Waals surface area contributed by atoms with Crippen LogP contribution in [0.2, 0.25) is 0 Å². The molecule has 0 atom stereocenters. The van der Waals surface area contributed by atoms with E-state index < -0.39 is 21.7 Å². The Kier molecular flexibility index (Phi) is 5.97. The molecule has 1 rings (SSSR count). The van der Waals surface area contributed by atoms with Crippen LogP contribution in [0.3, 0.4) is 0 Å².